The van der Waals surface area contributed by atoms with Gasteiger partial charge in [-0.25, -0.2) is 14.2 Å². The van der Waals surface area contributed by atoms with Crippen LogP contribution in [0.5, 0.6) is 0 Å². The molecule has 0 radical (unpaired) electrons. The van der Waals surface area contributed by atoms with Crippen LogP contribution in [0.2, 0.25) is 5.02 Å². The van der Waals surface area contributed by atoms with Crippen LogP contribution in [0.1, 0.15) is 36.6 Å². The zero-order valence-electron chi connectivity index (χ0n) is 17.7. The van der Waals surface area contributed by atoms with Gasteiger partial charge in [0.15, 0.2) is 4.80 Å². The molecular weight excluding hydrogens is 451 g/mol. The molecule has 0 saturated carbocycles. The van der Waals surface area contributed by atoms with E-state index in [1.54, 1.807) is 19.9 Å². The van der Waals surface area contributed by atoms with Crippen molar-refractivity contribution >= 4 is 35.0 Å². The minimum atomic E-state index is -0.704. The third-order valence-corrected chi connectivity index (χ3v) is 6.50. The molecule has 1 aromatic heterocycles. The van der Waals surface area contributed by atoms with Crippen molar-refractivity contribution in [1.29, 1.82) is 0 Å². The molecule has 1 aliphatic rings. The SMILES string of the molecule is CCOC(=O)C1=C(C)N=c2sc(=Cc3c(F)cccc3Cl)c(=O)n2[C@@H]1c1ccc(C)cc1. The van der Waals surface area contributed by atoms with Crippen LogP contribution in [-0.4, -0.2) is 17.1 Å². The topological polar surface area (TPSA) is 60.7 Å². The van der Waals surface area contributed by atoms with Crippen molar-refractivity contribution in [3.8, 4) is 0 Å². The van der Waals surface area contributed by atoms with Crippen molar-refractivity contribution in [2.24, 2.45) is 4.99 Å². The summed E-state index contributed by atoms with van der Waals surface area (Å²) in [4.78, 5) is 31.2. The van der Waals surface area contributed by atoms with Gasteiger partial charge in [0.25, 0.3) is 5.56 Å². The fourth-order valence-electron chi connectivity index (χ4n) is 3.64. The quantitative estimate of drug-likeness (QED) is 0.543. The van der Waals surface area contributed by atoms with Crippen molar-refractivity contribution < 1.29 is 13.9 Å². The highest BCUT2D eigenvalue weighted by molar-refractivity contribution is 7.07. The number of hydrogen-bond donors (Lipinski definition) is 0. The molecule has 164 valence electrons. The van der Waals surface area contributed by atoms with Crippen molar-refractivity contribution in [1.82, 2.24) is 4.57 Å². The highest BCUT2D eigenvalue weighted by Crippen LogP contribution is 2.31. The third kappa shape index (κ3) is 3.94. The Morgan fingerprint density at radius 1 is 1.25 bits per heavy atom. The Hall–Kier alpha value is -3.03. The zero-order chi connectivity index (χ0) is 23.0. The van der Waals surface area contributed by atoms with Gasteiger partial charge in [0.05, 0.1) is 33.5 Å². The van der Waals surface area contributed by atoms with Crippen LogP contribution in [0, 0.1) is 12.7 Å². The number of carbonyl (C=O) groups is 1. The predicted molar refractivity (Wildman–Crippen MR) is 123 cm³/mol. The van der Waals surface area contributed by atoms with Gasteiger partial charge in [0.1, 0.15) is 5.82 Å². The van der Waals surface area contributed by atoms with Gasteiger partial charge >= 0.3 is 5.97 Å². The molecule has 0 saturated heterocycles. The van der Waals surface area contributed by atoms with Gasteiger partial charge in [-0.15, -0.1) is 0 Å². The van der Waals surface area contributed by atoms with E-state index >= 15 is 0 Å². The second kappa shape index (κ2) is 8.84. The molecule has 1 atom stereocenters. The van der Waals surface area contributed by atoms with Gasteiger partial charge in [-0.2, -0.15) is 0 Å². The first kappa shape index (κ1) is 22.2. The van der Waals surface area contributed by atoms with Gasteiger partial charge in [0, 0.05) is 5.56 Å². The summed E-state index contributed by atoms with van der Waals surface area (Å²) in [6.45, 7) is 5.60. The molecule has 8 heteroatoms. The molecule has 0 spiro atoms. The van der Waals surface area contributed by atoms with E-state index in [1.807, 2.05) is 31.2 Å². The minimum absolute atomic E-state index is 0.132. The standard InChI is InChI=1S/C24H20ClFN2O3S/c1-4-31-23(30)20-14(3)27-24-28(21(20)15-10-8-13(2)9-11-15)22(29)19(32-24)12-16-17(25)6-5-7-18(16)26/h5-12,21H,4H2,1-3H3/t21-/m1/s1. The Morgan fingerprint density at radius 3 is 2.62 bits per heavy atom. The number of rotatable bonds is 4. The largest absolute Gasteiger partial charge is 0.463 e. The summed E-state index contributed by atoms with van der Waals surface area (Å²) in [5, 5.41) is 0.203. The number of aromatic nitrogens is 1. The van der Waals surface area contributed by atoms with Crippen molar-refractivity contribution in [3.05, 3.63) is 101 Å². The summed E-state index contributed by atoms with van der Waals surface area (Å²) in [6, 6.07) is 11.2. The number of fused-ring (bicyclic) bond motifs is 1. The van der Waals surface area contributed by atoms with Crippen molar-refractivity contribution in [3.63, 3.8) is 0 Å². The average molecular weight is 471 g/mol. The molecule has 0 N–H and O–H groups in total. The number of aryl methyl sites for hydroxylation is 1. The van der Waals surface area contributed by atoms with Gasteiger partial charge < -0.3 is 4.74 Å². The Labute approximate surface area is 192 Å². The normalized spacial score (nSPS) is 16.0. The predicted octanol–water partition coefficient (Wildman–Crippen LogP) is 3.90. The molecule has 0 fully saturated rings. The molecule has 0 unspecified atom stereocenters. The number of carbonyl (C=O) groups excluding carboxylic acids is 1. The van der Waals surface area contributed by atoms with Crippen LogP contribution in [0.4, 0.5) is 4.39 Å². The summed E-state index contributed by atoms with van der Waals surface area (Å²) >= 11 is 7.28. The van der Waals surface area contributed by atoms with Crippen LogP contribution >= 0.6 is 22.9 Å². The maximum absolute atomic E-state index is 14.3. The fraction of sp³-hybridized carbons (Fsp3) is 0.208. The van der Waals surface area contributed by atoms with Gasteiger partial charge in [-0.05, 0) is 44.5 Å². The molecule has 32 heavy (non-hydrogen) atoms. The van der Waals surface area contributed by atoms with E-state index in [0.29, 0.717) is 16.1 Å². The first-order valence-corrected chi connectivity index (χ1v) is 11.2. The molecule has 5 nitrogen and oxygen atoms in total. The lowest BCUT2D eigenvalue weighted by molar-refractivity contribution is -0.139. The van der Waals surface area contributed by atoms with Crippen LogP contribution in [0.25, 0.3) is 6.08 Å². The molecule has 0 amide bonds. The van der Waals surface area contributed by atoms with E-state index in [9.17, 15) is 14.0 Å². The summed E-state index contributed by atoms with van der Waals surface area (Å²) < 4.78 is 21.3. The first-order chi connectivity index (χ1) is 15.3. The Bertz CT molecular complexity index is 1400. The van der Waals surface area contributed by atoms with E-state index in [4.69, 9.17) is 16.3 Å². The number of hydrogen-bond acceptors (Lipinski definition) is 5. The Balaban J connectivity index is 1.99. The number of benzene rings is 2. The molecule has 2 heterocycles. The molecule has 4 rings (SSSR count). The van der Waals surface area contributed by atoms with E-state index in [2.05, 4.69) is 4.99 Å². The molecule has 0 aliphatic carbocycles. The number of halogens is 2. The lowest BCUT2D eigenvalue weighted by Crippen LogP contribution is -2.40. The maximum atomic E-state index is 14.3. The first-order valence-electron chi connectivity index (χ1n) is 10.0. The minimum Gasteiger partial charge on any atom is -0.463 e. The zero-order valence-corrected chi connectivity index (χ0v) is 19.3. The number of nitrogens with zero attached hydrogens (tertiary/aromatic N) is 2. The van der Waals surface area contributed by atoms with Crippen molar-refractivity contribution in [2.75, 3.05) is 6.61 Å². The highest BCUT2D eigenvalue weighted by atomic mass is 35.5. The summed E-state index contributed by atoms with van der Waals surface area (Å²) in [5.74, 6) is -1.05. The summed E-state index contributed by atoms with van der Waals surface area (Å²) in [7, 11) is 0. The van der Waals surface area contributed by atoms with Crippen LogP contribution in [0.3, 0.4) is 0 Å². The monoisotopic (exact) mass is 470 g/mol. The lowest BCUT2D eigenvalue weighted by atomic mass is 9.95. The number of ether oxygens (including phenoxy) is 1. The number of esters is 1. The van der Waals surface area contributed by atoms with Crippen LogP contribution in [-0.2, 0) is 9.53 Å². The number of allylic oxidation sites excluding steroid dienone is 1. The van der Waals surface area contributed by atoms with Gasteiger partial charge in [0.2, 0.25) is 0 Å². The lowest BCUT2D eigenvalue weighted by Gasteiger charge is -2.24. The summed E-state index contributed by atoms with van der Waals surface area (Å²) in [6.07, 6.45) is 1.43. The fourth-order valence-corrected chi connectivity index (χ4v) is 4.88. The number of thiazole rings is 1. The Morgan fingerprint density at radius 2 is 1.97 bits per heavy atom. The molecule has 0 bridgehead atoms. The van der Waals surface area contributed by atoms with E-state index < -0.39 is 17.8 Å². The molecule has 2 aromatic carbocycles. The second-order valence-corrected chi connectivity index (χ2v) is 8.76. The average Bonchev–Trinajstić information content (AvgIpc) is 3.05. The molecule has 1 aliphatic heterocycles. The van der Waals surface area contributed by atoms with E-state index in [0.717, 1.165) is 22.5 Å². The molecular formula is C24H20ClFN2O3S. The van der Waals surface area contributed by atoms with E-state index in [1.165, 1.54) is 22.8 Å². The third-order valence-electron chi connectivity index (χ3n) is 5.19. The van der Waals surface area contributed by atoms with Crippen LogP contribution in [0.15, 0.2) is 63.5 Å². The van der Waals surface area contributed by atoms with E-state index in [-0.39, 0.29) is 27.3 Å². The van der Waals surface area contributed by atoms with Gasteiger partial charge in [-0.3, -0.25) is 9.36 Å². The van der Waals surface area contributed by atoms with Crippen LogP contribution < -0.4 is 14.9 Å². The molecule has 3 aromatic rings. The Kier molecular flexibility index (Phi) is 6.13. The maximum Gasteiger partial charge on any atom is 0.338 e. The summed E-state index contributed by atoms with van der Waals surface area (Å²) in [5.41, 5.74) is 2.34. The second-order valence-electron chi connectivity index (χ2n) is 7.35. The van der Waals surface area contributed by atoms with Gasteiger partial charge in [-0.1, -0.05) is 58.8 Å². The highest BCUT2D eigenvalue weighted by Gasteiger charge is 2.33. The van der Waals surface area contributed by atoms with Crippen molar-refractivity contribution in [2.45, 2.75) is 26.8 Å². The smallest absolute Gasteiger partial charge is 0.338 e.